The van der Waals surface area contributed by atoms with Crippen LogP contribution in [0.15, 0.2) is 29.1 Å². The lowest BCUT2D eigenvalue weighted by Gasteiger charge is -2.30. The van der Waals surface area contributed by atoms with E-state index in [9.17, 15) is 9.59 Å². The number of amides is 1. The zero-order valence-corrected chi connectivity index (χ0v) is 15.3. The fourth-order valence-electron chi connectivity index (χ4n) is 3.05. The first-order valence-electron chi connectivity index (χ1n) is 8.70. The Balaban J connectivity index is 1.86. The van der Waals surface area contributed by atoms with Gasteiger partial charge in [0.15, 0.2) is 0 Å². The summed E-state index contributed by atoms with van der Waals surface area (Å²) in [5, 5.41) is 0. The maximum atomic E-state index is 12.5. The molecule has 132 valence electrons. The Hall–Kier alpha value is -2.43. The maximum absolute atomic E-state index is 12.5. The van der Waals surface area contributed by atoms with Gasteiger partial charge < -0.3 is 9.88 Å². The van der Waals surface area contributed by atoms with Gasteiger partial charge in [-0.2, -0.15) is 0 Å². The van der Waals surface area contributed by atoms with E-state index in [-0.39, 0.29) is 16.9 Å². The Morgan fingerprint density at radius 3 is 2.56 bits per heavy atom. The predicted octanol–water partition coefficient (Wildman–Crippen LogP) is 3.07. The van der Waals surface area contributed by atoms with Crippen LogP contribution in [0.1, 0.15) is 44.0 Å². The fourth-order valence-corrected chi connectivity index (χ4v) is 3.05. The molecule has 0 spiro atoms. The summed E-state index contributed by atoms with van der Waals surface area (Å²) in [6.45, 7) is 9.13. The number of rotatable bonds is 2. The summed E-state index contributed by atoms with van der Waals surface area (Å²) in [5.74, 6) is 0.693. The number of H-pyrrole nitrogens is 1. The van der Waals surface area contributed by atoms with E-state index >= 15 is 0 Å². The molecular formula is C20H25N3O2. The Labute approximate surface area is 148 Å². The summed E-state index contributed by atoms with van der Waals surface area (Å²) < 4.78 is 0. The number of nitrogens with one attached hydrogen (secondary N) is 1. The van der Waals surface area contributed by atoms with Crippen molar-refractivity contribution in [1.82, 2.24) is 14.9 Å². The van der Waals surface area contributed by atoms with Crippen LogP contribution in [-0.4, -0.2) is 27.3 Å². The van der Waals surface area contributed by atoms with Crippen molar-refractivity contribution in [2.45, 2.75) is 47.1 Å². The molecule has 0 bridgehead atoms. The first kappa shape index (κ1) is 17.4. The van der Waals surface area contributed by atoms with Gasteiger partial charge in [-0.3, -0.25) is 9.59 Å². The molecule has 1 aromatic carbocycles. The normalized spacial score (nSPS) is 14.3. The molecule has 1 aromatic heterocycles. The van der Waals surface area contributed by atoms with Gasteiger partial charge in [0.1, 0.15) is 5.82 Å². The summed E-state index contributed by atoms with van der Waals surface area (Å²) in [7, 11) is 0. The number of benzene rings is 1. The molecule has 0 saturated carbocycles. The molecule has 1 aliphatic heterocycles. The molecule has 5 heteroatoms. The van der Waals surface area contributed by atoms with Gasteiger partial charge in [-0.05, 0) is 12.3 Å². The van der Waals surface area contributed by atoms with Crippen molar-refractivity contribution in [3.05, 3.63) is 51.4 Å². The standard InChI is InChI=1S/C20H25N3O2/c1-13-5-7-14(8-6-13)18-21-16-9-10-23(12-15(16)19(25)22-18)17(24)11-20(2,3)4/h5-8H,9-12H2,1-4H3,(H,21,22,25). The number of aromatic amines is 1. The molecule has 25 heavy (non-hydrogen) atoms. The Bertz CT molecular complexity index is 845. The van der Waals surface area contributed by atoms with Gasteiger partial charge in [-0.1, -0.05) is 50.6 Å². The summed E-state index contributed by atoms with van der Waals surface area (Å²) >= 11 is 0. The minimum atomic E-state index is -0.145. The lowest BCUT2D eigenvalue weighted by Crippen LogP contribution is -2.40. The molecule has 1 N–H and O–H groups in total. The molecule has 0 saturated heterocycles. The number of hydrogen-bond donors (Lipinski definition) is 1. The first-order chi connectivity index (χ1) is 11.7. The third kappa shape index (κ3) is 3.98. The smallest absolute Gasteiger partial charge is 0.256 e. The molecule has 3 rings (SSSR count). The van der Waals surface area contributed by atoms with E-state index in [0.29, 0.717) is 37.3 Å². The topological polar surface area (TPSA) is 66.1 Å². The van der Waals surface area contributed by atoms with E-state index in [1.165, 1.54) is 0 Å². The molecule has 1 aliphatic rings. The number of carbonyl (C=O) groups excluding carboxylic acids is 1. The Kier molecular flexibility index (Phi) is 4.50. The van der Waals surface area contributed by atoms with Gasteiger partial charge in [0.2, 0.25) is 5.91 Å². The van der Waals surface area contributed by atoms with Crippen LogP contribution in [0.2, 0.25) is 0 Å². The number of aryl methyl sites for hydroxylation is 1. The van der Waals surface area contributed by atoms with E-state index < -0.39 is 0 Å². The number of carbonyl (C=O) groups is 1. The third-order valence-corrected chi connectivity index (χ3v) is 4.43. The monoisotopic (exact) mass is 339 g/mol. The van der Waals surface area contributed by atoms with Crippen LogP contribution in [-0.2, 0) is 17.8 Å². The molecule has 0 radical (unpaired) electrons. The zero-order chi connectivity index (χ0) is 18.2. The van der Waals surface area contributed by atoms with Crippen LogP contribution in [0.25, 0.3) is 11.4 Å². The number of fused-ring (bicyclic) bond motifs is 1. The number of aromatic nitrogens is 2. The third-order valence-electron chi connectivity index (χ3n) is 4.43. The summed E-state index contributed by atoms with van der Waals surface area (Å²) in [6, 6.07) is 7.92. The highest BCUT2D eigenvalue weighted by molar-refractivity contribution is 5.77. The van der Waals surface area contributed by atoms with E-state index in [1.54, 1.807) is 4.90 Å². The van der Waals surface area contributed by atoms with Gasteiger partial charge in [-0.15, -0.1) is 0 Å². The molecule has 0 aliphatic carbocycles. The van der Waals surface area contributed by atoms with Crippen molar-refractivity contribution >= 4 is 5.91 Å². The van der Waals surface area contributed by atoms with Crippen molar-refractivity contribution in [2.75, 3.05) is 6.54 Å². The second kappa shape index (κ2) is 6.47. The molecule has 2 aromatic rings. The molecular weight excluding hydrogens is 314 g/mol. The highest BCUT2D eigenvalue weighted by Crippen LogP contribution is 2.23. The van der Waals surface area contributed by atoms with Gasteiger partial charge >= 0.3 is 0 Å². The summed E-state index contributed by atoms with van der Waals surface area (Å²) in [5.41, 5.74) is 3.28. The molecule has 0 fully saturated rings. The van der Waals surface area contributed by atoms with Crippen molar-refractivity contribution in [2.24, 2.45) is 5.41 Å². The molecule has 2 heterocycles. The molecule has 0 atom stereocenters. The average molecular weight is 339 g/mol. The van der Waals surface area contributed by atoms with Crippen LogP contribution >= 0.6 is 0 Å². The largest absolute Gasteiger partial charge is 0.338 e. The van der Waals surface area contributed by atoms with Crippen LogP contribution in [0.5, 0.6) is 0 Å². The van der Waals surface area contributed by atoms with Gasteiger partial charge in [0, 0.05) is 24.9 Å². The molecule has 1 amide bonds. The lowest BCUT2D eigenvalue weighted by molar-refractivity contribution is -0.134. The maximum Gasteiger partial charge on any atom is 0.256 e. The molecule has 5 nitrogen and oxygen atoms in total. The van der Waals surface area contributed by atoms with E-state index in [1.807, 2.05) is 52.0 Å². The van der Waals surface area contributed by atoms with Crippen LogP contribution in [0.3, 0.4) is 0 Å². The Morgan fingerprint density at radius 1 is 1.24 bits per heavy atom. The van der Waals surface area contributed by atoms with Crippen molar-refractivity contribution in [1.29, 1.82) is 0 Å². The second-order valence-corrected chi connectivity index (χ2v) is 8.01. The second-order valence-electron chi connectivity index (χ2n) is 8.01. The fraction of sp³-hybridized carbons (Fsp3) is 0.450. The highest BCUT2D eigenvalue weighted by atomic mass is 16.2. The molecule has 0 unspecified atom stereocenters. The van der Waals surface area contributed by atoms with Crippen molar-refractivity contribution in [3.8, 4) is 11.4 Å². The van der Waals surface area contributed by atoms with Gasteiger partial charge in [0.05, 0.1) is 17.8 Å². The van der Waals surface area contributed by atoms with Gasteiger partial charge in [-0.25, -0.2) is 4.98 Å². The Morgan fingerprint density at radius 2 is 1.92 bits per heavy atom. The number of hydrogen-bond acceptors (Lipinski definition) is 3. The lowest BCUT2D eigenvalue weighted by atomic mass is 9.91. The van der Waals surface area contributed by atoms with Crippen LogP contribution in [0.4, 0.5) is 0 Å². The minimum Gasteiger partial charge on any atom is -0.338 e. The van der Waals surface area contributed by atoms with Gasteiger partial charge in [0.25, 0.3) is 5.56 Å². The van der Waals surface area contributed by atoms with Crippen molar-refractivity contribution in [3.63, 3.8) is 0 Å². The predicted molar refractivity (Wildman–Crippen MR) is 98.2 cm³/mol. The van der Waals surface area contributed by atoms with Crippen LogP contribution in [0, 0.1) is 12.3 Å². The van der Waals surface area contributed by atoms with Crippen LogP contribution < -0.4 is 5.56 Å². The first-order valence-corrected chi connectivity index (χ1v) is 8.70. The van der Waals surface area contributed by atoms with E-state index in [2.05, 4.69) is 9.97 Å². The SMILES string of the molecule is Cc1ccc(-c2nc3c(c(=O)[nH]2)CN(C(=O)CC(C)(C)C)CC3)cc1. The summed E-state index contributed by atoms with van der Waals surface area (Å²) in [6.07, 6.45) is 1.10. The summed E-state index contributed by atoms with van der Waals surface area (Å²) in [4.78, 5) is 34.3. The minimum absolute atomic E-state index is 0.0582. The van der Waals surface area contributed by atoms with E-state index in [0.717, 1.165) is 16.8 Å². The van der Waals surface area contributed by atoms with E-state index in [4.69, 9.17) is 0 Å². The average Bonchev–Trinajstić information content (AvgIpc) is 2.53. The number of nitrogens with zero attached hydrogens (tertiary/aromatic N) is 2. The highest BCUT2D eigenvalue weighted by Gasteiger charge is 2.27. The quantitative estimate of drug-likeness (QED) is 0.914. The van der Waals surface area contributed by atoms with Crippen molar-refractivity contribution < 1.29 is 4.79 Å². The zero-order valence-electron chi connectivity index (χ0n) is 15.3.